The first-order valence-corrected chi connectivity index (χ1v) is 6.19. The van der Waals surface area contributed by atoms with Crippen LogP contribution in [0.25, 0.3) is 0 Å². The summed E-state index contributed by atoms with van der Waals surface area (Å²) in [4.78, 5) is 15.6. The van der Waals surface area contributed by atoms with Crippen molar-refractivity contribution in [1.82, 2.24) is 10.3 Å². The smallest absolute Gasteiger partial charge is 0.239 e. The molecule has 0 unspecified atom stereocenters. The van der Waals surface area contributed by atoms with Crippen molar-refractivity contribution in [3.63, 3.8) is 0 Å². The van der Waals surface area contributed by atoms with Crippen LogP contribution in [0, 0.1) is 11.3 Å². The van der Waals surface area contributed by atoms with E-state index in [1.165, 1.54) is 0 Å². The Hall–Kier alpha value is -2.87. The number of pyridine rings is 1. The van der Waals surface area contributed by atoms with Gasteiger partial charge in [0, 0.05) is 12.7 Å². The second kappa shape index (κ2) is 6.90. The maximum atomic E-state index is 11.7. The van der Waals surface area contributed by atoms with E-state index in [1.54, 1.807) is 18.3 Å². The molecule has 2 rings (SSSR count). The van der Waals surface area contributed by atoms with E-state index in [0.717, 1.165) is 5.56 Å². The Labute approximate surface area is 117 Å². The van der Waals surface area contributed by atoms with Crippen LogP contribution >= 0.6 is 0 Å². The molecule has 0 aliphatic rings. The number of aromatic nitrogens is 1. The zero-order valence-electron chi connectivity index (χ0n) is 10.8. The highest BCUT2D eigenvalue weighted by Gasteiger charge is 2.04. The highest BCUT2D eigenvalue weighted by molar-refractivity contribution is 5.81. The molecule has 20 heavy (non-hydrogen) atoms. The van der Waals surface area contributed by atoms with Gasteiger partial charge in [0.15, 0.2) is 5.69 Å². The third-order valence-corrected chi connectivity index (χ3v) is 2.69. The van der Waals surface area contributed by atoms with E-state index in [-0.39, 0.29) is 18.1 Å². The van der Waals surface area contributed by atoms with Crippen LogP contribution in [0.3, 0.4) is 0 Å². The number of nitriles is 1. The van der Waals surface area contributed by atoms with Crippen LogP contribution in [-0.2, 0) is 11.3 Å². The molecule has 2 N–H and O–H groups in total. The first-order chi connectivity index (χ1) is 9.79. The van der Waals surface area contributed by atoms with Crippen LogP contribution in [0.4, 0.5) is 5.69 Å². The number of nitrogens with zero attached hydrogens (tertiary/aromatic N) is 2. The summed E-state index contributed by atoms with van der Waals surface area (Å²) in [6, 6.07) is 15.1. The van der Waals surface area contributed by atoms with E-state index in [2.05, 4.69) is 15.6 Å². The summed E-state index contributed by atoms with van der Waals surface area (Å²) in [5.74, 6) is -0.137. The molecule has 0 saturated carbocycles. The van der Waals surface area contributed by atoms with Gasteiger partial charge in [-0.05, 0) is 17.7 Å². The Morgan fingerprint density at radius 1 is 1.20 bits per heavy atom. The van der Waals surface area contributed by atoms with Crippen LogP contribution in [0.2, 0.25) is 0 Å². The first kappa shape index (κ1) is 13.6. The van der Waals surface area contributed by atoms with Gasteiger partial charge in [-0.15, -0.1) is 0 Å². The zero-order chi connectivity index (χ0) is 14.2. The summed E-state index contributed by atoms with van der Waals surface area (Å²) < 4.78 is 0. The van der Waals surface area contributed by atoms with Crippen LogP contribution < -0.4 is 10.6 Å². The van der Waals surface area contributed by atoms with Crippen molar-refractivity contribution < 1.29 is 4.79 Å². The molecule has 0 spiro atoms. The number of amides is 1. The fourth-order valence-corrected chi connectivity index (χ4v) is 1.67. The van der Waals surface area contributed by atoms with Gasteiger partial charge < -0.3 is 10.6 Å². The third kappa shape index (κ3) is 3.82. The summed E-state index contributed by atoms with van der Waals surface area (Å²) in [5, 5.41) is 14.6. The Balaban J connectivity index is 1.82. The Bertz CT molecular complexity index is 619. The van der Waals surface area contributed by atoms with E-state index >= 15 is 0 Å². The minimum absolute atomic E-state index is 0.104. The molecule has 5 nitrogen and oxygen atoms in total. The fourth-order valence-electron chi connectivity index (χ4n) is 1.67. The lowest BCUT2D eigenvalue weighted by atomic mass is 10.2. The second-order valence-electron chi connectivity index (χ2n) is 4.13. The quantitative estimate of drug-likeness (QED) is 0.863. The first-order valence-electron chi connectivity index (χ1n) is 6.19. The van der Waals surface area contributed by atoms with E-state index in [9.17, 15) is 4.79 Å². The van der Waals surface area contributed by atoms with Crippen LogP contribution in [0.15, 0.2) is 48.7 Å². The summed E-state index contributed by atoms with van der Waals surface area (Å²) in [5.41, 5.74) is 1.88. The largest absolute Gasteiger partial charge is 0.374 e. The minimum atomic E-state index is -0.137. The third-order valence-electron chi connectivity index (χ3n) is 2.69. The highest BCUT2D eigenvalue weighted by Crippen LogP contribution is 2.09. The number of rotatable bonds is 5. The number of hydrogen-bond acceptors (Lipinski definition) is 4. The van der Waals surface area contributed by atoms with E-state index in [1.807, 2.05) is 36.4 Å². The number of hydrogen-bond donors (Lipinski definition) is 2. The standard InChI is InChI=1S/C15H14N4O/c16-9-14-13(7-4-8-17-14)18-11-15(20)19-10-12-5-2-1-3-6-12/h1-8,18H,10-11H2,(H,19,20). The molecule has 1 amide bonds. The van der Waals surface area contributed by atoms with Gasteiger partial charge in [0.25, 0.3) is 0 Å². The van der Waals surface area contributed by atoms with Crippen molar-refractivity contribution in [2.24, 2.45) is 0 Å². The number of carbonyl (C=O) groups is 1. The van der Waals surface area contributed by atoms with Gasteiger partial charge in [0.05, 0.1) is 12.2 Å². The molecule has 0 radical (unpaired) electrons. The zero-order valence-corrected chi connectivity index (χ0v) is 10.8. The molecular weight excluding hydrogens is 252 g/mol. The average molecular weight is 266 g/mol. The molecule has 0 saturated heterocycles. The van der Waals surface area contributed by atoms with Gasteiger partial charge in [0.2, 0.25) is 5.91 Å². The van der Waals surface area contributed by atoms with Crippen molar-refractivity contribution >= 4 is 11.6 Å². The van der Waals surface area contributed by atoms with E-state index < -0.39 is 0 Å². The van der Waals surface area contributed by atoms with Crippen molar-refractivity contribution in [2.75, 3.05) is 11.9 Å². The molecule has 0 fully saturated rings. The molecule has 1 aromatic heterocycles. The van der Waals surface area contributed by atoms with Gasteiger partial charge in [-0.3, -0.25) is 4.79 Å². The number of nitrogens with one attached hydrogen (secondary N) is 2. The van der Waals surface area contributed by atoms with Crippen LogP contribution in [0.5, 0.6) is 0 Å². The van der Waals surface area contributed by atoms with Gasteiger partial charge in [-0.25, -0.2) is 4.98 Å². The Kier molecular flexibility index (Phi) is 4.68. The normalized spacial score (nSPS) is 9.55. The van der Waals surface area contributed by atoms with Gasteiger partial charge >= 0.3 is 0 Å². The Morgan fingerprint density at radius 2 is 2.00 bits per heavy atom. The lowest BCUT2D eigenvalue weighted by Gasteiger charge is -2.08. The Morgan fingerprint density at radius 3 is 2.75 bits per heavy atom. The van der Waals surface area contributed by atoms with E-state index in [4.69, 9.17) is 5.26 Å². The maximum absolute atomic E-state index is 11.7. The fraction of sp³-hybridized carbons (Fsp3) is 0.133. The molecule has 0 aliphatic heterocycles. The topological polar surface area (TPSA) is 77.8 Å². The molecule has 2 aromatic rings. The summed E-state index contributed by atoms with van der Waals surface area (Å²) in [6.45, 7) is 0.590. The van der Waals surface area contributed by atoms with Gasteiger partial charge in [-0.1, -0.05) is 30.3 Å². The monoisotopic (exact) mass is 266 g/mol. The summed E-state index contributed by atoms with van der Waals surface area (Å²) >= 11 is 0. The predicted octanol–water partition coefficient (Wildman–Crippen LogP) is 1.68. The number of anilines is 1. The van der Waals surface area contributed by atoms with Crippen molar-refractivity contribution in [3.05, 3.63) is 59.9 Å². The average Bonchev–Trinajstić information content (AvgIpc) is 2.52. The molecule has 0 atom stereocenters. The van der Waals surface area contributed by atoms with Crippen LogP contribution in [0.1, 0.15) is 11.3 Å². The SMILES string of the molecule is N#Cc1ncccc1NCC(=O)NCc1ccccc1. The molecule has 100 valence electrons. The molecule has 1 heterocycles. The molecule has 5 heteroatoms. The van der Waals surface area contributed by atoms with Crippen LogP contribution in [-0.4, -0.2) is 17.4 Å². The molecule has 0 aliphatic carbocycles. The van der Waals surface area contributed by atoms with Crippen molar-refractivity contribution in [2.45, 2.75) is 6.54 Å². The lowest BCUT2D eigenvalue weighted by molar-refractivity contribution is -0.119. The number of carbonyl (C=O) groups excluding carboxylic acids is 1. The minimum Gasteiger partial charge on any atom is -0.374 e. The number of benzene rings is 1. The van der Waals surface area contributed by atoms with Crippen molar-refractivity contribution in [3.8, 4) is 6.07 Å². The van der Waals surface area contributed by atoms with Gasteiger partial charge in [0.1, 0.15) is 6.07 Å². The second-order valence-corrected chi connectivity index (χ2v) is 4.13. The summed E-state index contributed by atoms with van der Waals surface area (Å²) in [6.07, 6.45) is 1.54. The molecular formula is C15H14N4O. The lowest BCUT2D eigenvalue weighted by Crippen LogP contribution is -2.29. The highest BCUT2D eigenvalue weighted by atomic mass is 16.1. The predicted molar refractivity (Wildman–Crippen MR) is 75.7 cm³/mol. The van der Waals surface area contributed by atoms with Gasteiger partial charge in [-0.2, -0.15) is 5.26 Å². The summed E-state index contributed by atoms with van der Waals surface area (Å²) in [7, 11) is 0. The van der Waals surface area contributed by atoms with Crippen molar-refractivity contribution in [1.29, 1.82) is 5.26 Å². The molecule has 1 aromatic carbocycles. The van der Waals surface area contributed by atoms with E-state index in [0.29, 0.717) is 12.2 Å². The molecule has 0 bridgehead atoms. The maximum Gasteiger partial charge on any atom is 0.239 e.